The number of hydrogen-bond donors (Lipinski definition) is 1. The van der Waals surface area contributed by atoms with E-state index >= 15 is 0 Å². The Hall–Kier alpha value is -1.55. The number of aliphatic hydroxyl groups excluding tert-OH is 1. The fourth-order valence-electron chi connectivity index (χ4n) is 2.34. The van der Waals surface area contributed by atoms with E-state index in [2.05, 4.69) is 6.07 Å². The molecule has 4 nitrogen and oxygen atoms in total. The second-order valence-electron chi connectivity index (χ2n) is 5.22. The van der Waals surface area contributed by atoms with Gasteiger partial charge in [0.2, 0.25) is 0 Å². The molecule has 104 valence electrons. The van der Waals surface area contributed by atoms with Gasteiger partial charge in [0.25, 0.3) is 5.91 Å². The Balaban J connectivity index is 1.99. The Morgan fingerprint density at radius 1 is 1.37 bits per heavy atom. The maximum atomic E-state index is 12.0. The van der Waals surface area contributed by atoms with Crippen molar-refractivity contribution in [3.05, 3.63) is 28.8 Å². The van der Waals surface area contributed by atoms with E-state index in [1.54, 1.807) is 4.90 Å². The summed E-state index contributed by atoms with van der Waals surface area (Å²) in [7, 11) is 0. The first kappa shape index (κ1) is 13.9. The maximum Gasteiger partial charge on any atom is 0.260 e. The van der Waals surface area contributed by atoms with E-state index in [0.717, 1.165) is 22.4 Å². The van der Waals surface area contributed by atoms with Gasteiger partial charge in [0.15, 0.2) is 6.61 Å². The molecule has 0 spiro atoms. The van der Waals surface area contributed by atoms with Gasteiger partial charge in [0.05, 0.1) is 6.10 Å². The average molecular weight is 263 g/mol. The van der Waals surface area contributed by atoms with Crippen molar-refractivity contribution in [3.63, 3.8) is 0 Å². The van der Waals surface area contributed by atoms with Crippen molar-refractivity contribution in [1.82, 2.24) is 4.90 Å². The number of ether oxygens (including phenoxy) is 1. The lowest BCUT2D eigenvalue weighted by atomic mass is 10.1. The summed E-state index contributed by atoms with van der Waals surface area (Å²) in [6.07, 6.45) is 0.278. The van der Waals surface area contributed by atoms with Crippen LogP contribution in [0, 0.1) is 20.8 Å². The highest BCUT2D eigenvalue weighted by atomic mass is 16.5. The van der Waals surface area contributed by atoms with Crippen LogP contribution in [0.5, 0.6) is 5.75 Å². The Labute approximate surface area is 114 Å². The van der Waals surface area contributed by atoms with Gasteiger partial charge in [-0.25, -0.2) is 0 Å². The second-order valence-corrected chi connectivity index (χ2v) is 5.22. The third-order valence-corrected chi connectivity index (χ3v) is 3.73. The molecule has 1 aromatic carbocycles. The van der Waals surface area contributed by atoms with Crippen LogP contribution in [0.4, 0.5) is 0 Å². The first-order chi connectivity index (χ1) is 8.99. The normalized spacial score (nSPS) is 18.7. The van der Waals surface area contributed by atoms with E-state index in [-0.39, 0.29) is 18.6 Å². The Morgan fingerprint density at radius 3 is 2.68 bits per heavy atom. The standard InChI is InChI=1S/C15H21NO3/c1-10-4-5-11(2)15(12(10)3)19-9-14(18)16-7-6-13(17)8-16/h4-5,13,17H,6-9H2,1-3H3/t13-/m1/s1. The smallest absolute Gasteiger partial charge is 0.260 e. The number of aliphatic hydroxyl groups is 1. The lowest BCUT2D eigenvalue weighted by Gasteiger charge is -2.18. The number of nitrogens with zero attached hydrogens (tertiary/aromatic N) is 1. The average Bonchev–Trinajstić information content (AvgIpc) is 2.80. The third kappa shape index (κ3) is 3.07. The van der Waals surface area contributed by atoms with Crippen LogP contribution in [0.3, 0.4) is 0 Å². The number of likely N-dealkylation sites (tertiary alicyclic amines) is 1. The first-order valence-electron chi connectivity index (χ1n) is 6.64. The van der Waals surface area contributed by atoms with Crippen molar-refractivity contribution in [1.29, 1.82) is 0 Å². The molecular formula is C15H21NO3. The molecule has 1 aliphatic rings. The van der Waals surface area contributed by atoms with Crippen LogP contribution in [0.2, 0.25) is 0 Å². The van der Waals surface area contributed by atoms with Crippen LogP contribution in [0.25, 0.3) is 0 Å². The molecule has 1 N–H and O–H groups in total. The molecule has 0 aromatic heterocycles. The molecule has 1 aromatic rings. The molecular weight excluding hydrogens is 242 g/mol. The zero-order chi connectivity index (χ0) is 14.0. The first-order valence-corrected chi connectivity index (χ1v) is 6.64. The molecule has 19 heavy (non-hydrogen) atoms. The van der Waals surface area contributed by atoms with Gasteiger partial charge < -0.3 is 14.7 Å². The summed E-state index contributed by atoms with van der Waals surface area (Å²) in [5.41, 5.74) is 3.27. The van der Waals surface area contributed by atoms with Crippen LogP contribution in [0.15, 0.2) is 12.1 Å². The van der Waals surface area contributed by atoms with Gasteiger partial charge in [-0.15, -0.1) is 0 Å². The van der Waals surface area contributed by atoms with Crippen molar-refractivity contribution < 1.29 is 14.6 Å². The monoisotopic (exact) mass is 263 g/mol. The molecule has 4 heteroatoms. The molecule has 1 saturated heterocycles. The van der Waals surface area contributed by atoms with E-state index in [0.29, 0.717) is 19.5 Å². The molecule has 1 atom stereocenters. The SMILES string of the molecule is Cc1ccc(C)c(OCC(=O)N2CC[C@@H](O)C2)c1C. The lowest BCUT2D eigenvalue weighted by molar-refractivity contribution is -0.132. The number of aryl methyl sites for hydroxylation is 2. The minimum atomic E-state index is -0.383. The van der Waals surface area contributed by atoms with Gasteiger partial charge in [-0.05, 0) is 43.9 Å². The summed E-state index contributed by atoms with van der Waals surface area (Å²) in [5, 5.41) is 9.42. The van der Waals surface area contributed by atoms with Crippen LogP contribution in [0.1, 0.15) is 23.1 Å². The van der Waals surface area contributed by atoms with Crippen LogP contribution in [-0.4, -0.2) is 41.7 Å². The zero-order valence-electron chi connectivity index (χ0n) is 11.8. The van der Waals surface area contributed by atoms with Gasteiger partial charge in [0, 0.05) is 13.1 Å². The van der Waals surface area contributed by atoms with E-state index in [1.807, 2.05) is 26.8 Å². The van der Waals surface area contributed by atoms with Gasteiger partial charge in [-0.1, -0.05) is 12.1 Å². The van der Waals surface area contributed by atoms with Crippen molar-refractivity contribution in [2.24, 2.45) is 0 Å². The van der Waals surface area contributed by atoms with Gasteiger partial charge in [-0.3, -0.25) is 4.79 Å². The van der Waals surface area contributed by atoms with Gasteiger partial charge in [0.1, 0.15) is 5.75 Å². The number of carbonyl (C=O) groups excluding carboxylic acids is 1. The largest absolute Gasteiger partial charge is 0.483 e. The minimum absolute atomic E-state index is 0.0395. The van der Waals surface area contributed by atoms with Crippen LogP contribution >= 0.6 is 0 Å². The van der Waals surface area contributed by atoms with E-state index in [1.165, 1.54) is 0 Å². The molecule has 1 aliphatic heterocycles. The summed E-state index contributed by atoms with van der Waals surface area (Å²) in [5.74, 6) is 0.741. The van der Waals surface area contributed by atoms with E-state index < -0.39 is 0 Å². The Bertz CT molecular complexity index is 485. The second kappa shape index (κ2) is 5.61. The highest BCUT2D eigenvalue weighted by molar-refractivity contribution is 5.78. The number of rotatable bonds is 3. The zero-order valence-corrected chi connectivity index (χ0v) is 11.8. The fraction of sp³-hybridized carbons (Fsp3) is 0.533. The van der Waals surface area contributed by atoms with Crippen LogP contribution < -0.4 is 4.74 Å². The summed E-state index contributed by atoms with van der Waals surface area (Å²) in [4.78, 5) is 13.6. The molecule has 0 unspecified atom stereocenters. The maximum absolute atomic E-state index is 12.0. The molecule has 0 radical (unpaired) electrons. The Kier molecular flexibility index (Phi) is 4.10. The number of carbonyl (C=O) groups is 1. The fourth-order valence-corrected chi connectivity index (χ4v) is 2.34. The summed E-state index contributed by atoms with van der Waals surface area (Å²) in [6.45, 7) is 7.09. The van der Waals surface area contributed by atoms with Crippen molar-refractivity contribution in [2.45, 2.75) is 33.3 Å². The predicted octanol–water partition coefficient (Wildman–Crippen LogP) is 1.58. The number of amides is 1. The third-order valence-electron chi connectivity index (χ3n) is 3.73. The predicted molar refractivity (Wildman–Crippen MR) is 73.4 cm³/mol. The van der Waals surface area contributed by atoms with Crippen LogP contribution in [-0.2, 0) is 4.79 Å². The summed E-state index contributed by atoms with van der Waals surface area (Å²) < 4.78 is 5.68. The number of hydrogen-bond acceptors (Lipinski definition) is 3. The molecule has 0 saturated carbocycles. The van der Waals surface area contributed by atoms with Gasteiger partial charge in [-0.2, -0.15) is 0 Å². The van der Waals surface area contributed by atoms with Crippen molar-refractivity contribution in [3.8, 4) is 5.75 Å². The molecule has 0 aliphatic carbocycles. The molecule has 1 heterocycles. The highest BCUT2D eigenvalue weighted by Gasteiger charge is 2.24. The lowest BCUT2D eigenvalue weighted by Crippen LogP contribution is -2.33. The number of β-amino-alcohol motifs (C(OH)–C–C–N with tert-alkyl or cyclic N) is 1. The summed E-state index contributed by atoms with van der Waals surface area (Å²) in [6, 6.07) is 4.05. The number of benzene rings is 1. The molecule has 1 fully saturated rings. The highest BCUT2D eigenvalue weighted by Crippen LogP contribution is 2.25. The minimum Gasteiger partial charge on any atom is -0.483 e. The van der Waals surface area contributed by atoms with Crippen molar-refractivity contribution >= 4 is 5.91 Å². The topological polar surface area (TPSA) is 49.8 Å². The van der Waals surface area contributed by atoms with E-state index in [4.69, 9.17) is 4.74 Å². The Morgan fingerprint density at radius 2 is 2.05 bits per heavy atom. The van der Waals surface area contributed by atoms with E-state index in [9.17, 15) is 9.90 Å². The quantitative estimate of drug-likeness (QED) is 0.901. The van der Waals surface area contributed by atoms with Gasteiger partial charge >= 0.3 is 0 Å². The summed E-state index contributed by atoms with van der Waals surface area (Å²) >= 11 is 0. The van der Waals surface area contributed by atoms with Crippen molar-refractivity contribution in [2.75, 3.05) is 19.7 Å². The molecule has 0 bridgehead atoms. The molecule has 2 rings (SSSR count). The molecule has 1 amide bonds.